The molecule has 0 radical (unpaired) electrons. The summed E-state index contributed by atoms with van der Waals surface area (Å²) >= 11 is 0. The zero-order valence-corrected chi connectivity index (χ0v) is 11.9. The van der Waals surface area contributed by atoms with E-state index in [0.717, 1.165) is 0 Å². The van der Waals surface area contributed by atoms with E-state index in [1.807, 2.05) is 6.07 Å². The van der Waals surface area contributed by atoms with E-state index in [-0.39, 0.29) is 19.0 Å². The van der Waals surface area contributed by atoms with Crippen molar-refractivity contribution in [1.29, 1.82) is 5.26 Å². The average Bonchev–Trinajstić information content (AvgIpc) is 2.46. The topological polar surface area (TPSA) is 96.6 Å². The van der Waals surface area contributed by atoms with Crippen LogP contribution in [-0.4, -0.2) is 30.3 Å². The molecule has 0 heterocycles. The van der Waals surface area contributed by atoms with E-state index >= 15 is 0 Å². The van der Waals surface area contributed by atoms with Crippen LogP contribution in [0.25, 0.3) is 0 Å². The summed E-state index contributed by atoms with van der Waals surface area (Å²) in [5.74, 6) is -3.95. The van der Waals surface area contributed by atoms with Crippen molar-refractivity contribution in [3.05, 3.63) is 29.8 Å². The molecule has 1 atom stereocenters. The quantitative estimate of drug-likeness (QED) is 0.633. The standard InChI is InChI=1S/C15H17NO5/c1-3-20-14(18)13(15(19)21-4-2)12(9-16)10-5-7-11(17)8-6-10/h5-8,12-13,17H,3-4H2,1-2H3. The number of benzene rings is 1. The lowest BCUT2D eigenvalue weighted by Gasteiger charge is -2.19. The van der Waals surface area contributed by atoms with Crippen LogP contribution in [0.15, 0.2) is 24.3 Å². The number of aromatic hydroxyl groups is 1. The minimum absolute atomic E-state index is 0.0271. The maximum atomic E-state index is 12.0. The number of hydrogen-bond acceptors (Lipinski definition) is 6. The number of esters is 2. The van der Waals surface area contributed by atoms with Crippen LogP contribution in [0.3, 0.4) is 0 Å². The minimum atomic E-state index is -1.35. The van der Waals surface area contributed by atoms with Gasteiger partial charge < -0.3 is 14.6 Å². The van der Waals surface area contributed by atoms with Crippen LogP contribution in [0.4, 0.5) is 0 Å². The van der Waals surface area contributed by atoms with Gasteiger partial charge in [-0.3, -0.25) is 9.59 Å². The number of nitriles is 1. The van der Waals surface area contributed by atoms with Gasteiger partial charge in [0, 0.05) is 0 Å². The Morgan fingerprint density at radius 3 is 2.00 bits per heavy atom. The molecule has 0 fully saturated rings. The predicted molar refractivity (Wildman–Crippen MR) is 73.2 cm³/mol. The monoisotopic (exact) mass is 291 g/mol. The summed E-state index contributed by atoms with van der Waals surface area (Å²) in [5.41, 5.74) is 0.432. The first-order chi connectivity index (χ1) is 10.0. The highest BCUT2D eigenvalue weighted by Gasteiger charge is 2.38. The summed E-state index contributed by atoms with van der Waals surface area (Å²) < 4.78 is 9.72. The van der Waals surface area contributed by atoms with Crippen LogP contribution in [0.1, 0.15) is 25.3 Å². The van der Waals surface area contributed by atoms with Gasteiger partial charge in [0.1, 0.15) is 5.75 Å². The maximum Gasteiger partial charge on any atom is 0.322 e. The van der Waals surface area contributed by atoms with Crippen LogP contribution in [-0.2, 0) is 19.1 Å². The van der Waals surface area contributed by atoms with E-state index < -0.39 is 23.8 Å². The smallest absolute Gasteiger partial charge is 0.322 e. The Labute approximate surface area is 122 Å². The number of hydrogen-bond donors (Lipinski definition) is 1. The SMILES string of the molecule is CCOC(=O)C(C(=O)OCC)C(C#N)c1ccc(O)cc1. The second-order valence-electron chi connectivity index (χ2n) is 4.18. The van der Waals surface area contributed by atoms with E-state index in [4.69, 9.17) is 9.47 Å². The van der Waals surface area contributed by atoms with Gasteiger partial charge in [-0.15, -0.1) is 0 Å². The molecule has 0 aliphatic carbocycles. The predicted octanol–water partition coefficient (Wildman–Crippen LogP) is 1.74. The molecule has 0 aliphatic rings. The molecule has 21 heavy (non-hydrogen) atoms. The van der Waals surface area contributed by atoms with Crippen LogP contribution in [0, 0.1) is 17.2 Å². The molecule has 1 aromatic rings. The molecule has 112 valence electrons. The highest BCUT2D eigenvalue weighted by Crippen LogP contribution is 2.28. The molecule has 1 N–H and O–H groups in total. The summed E-state index contributed by atoms with van der Waals surface area (Å²) in [6.07, 6.45) is 0. The van der Waals surface area contributed by atoms with Gasteiger partial charge in [0.05, 0.1) is 25.2 Å². The molecule has 6 heteroatoms. The molecule has 1 rings (SSSR count). The van der Waals surface area contributed by atoms with Crippen molar-refractivity contribution in [2.24, 2.45) is 5.92 Å². The van der Waals surface area contributed by atoms with Gasteiger partial charge >= 0.3 is 11.9 Å². The Kier molecular flexibility index (Phi) is 6.21. The third-order valence-corrected chi connectivity index (χ3v) is 2.81. The van der Waals surface area contributed by atoms with E-state index in [1.54, 1.807) is 13.8 Å². The lowest BCUT2D eigenvalue weighted by atomic mass is 9.87. The number of ether oxygens (including phenoxy) is 2. The van der Waals surface area contributed by atoms with Crippen molar-refractivity contribution in [1.82, 2.24) is 0 Å². The van der Waals surface area contributed by atoms with Gasteiger partial charge in [0.2, 0.25) is 0 Å². The number of phenols is 1. The molecular weight excluding hydrogens is 274 g/mol. The summed E-state index contributed by atoms with van der Waals surface area (Å²) in [6.45, 7) is 3.43. The molecular formula is C15H17NO5. The van der Waals surface area contributed by atoms with Gasteiger partial charge in [0.25, 0.3) is 0 Å². The van der Waals surface area contributed by atoms with Crippen molar-refractivity contribution < 1.29 is 24.2 Å². The molecule has 0 aliphatic heterocycles. The maximum absolute atomic E-state index is 12.0. The third kappa shape index (κ3) is 4.21. The number of carbonyl (C=O) groups excluding carboxylic acids is 2. The Morgan fingerprint density at radius 2 is 1.62 bits per heavy atom. The third-order valence-electron chi connectivity index (χ3n) is 2.81. The van der Waals surface area contributed by atoms with Gasteiger partial charge in [-0.05, 0) is 31.5 Å². The van der Waals surface area contributed by atoms with Crippen LogP contribution < -0.4 is 0 Å². The zero-order chi connectivity index (χ0) is 15.8. The molecule has 0 saturated heterocycles. The van der Waals surface area contributed by atoms with Gasteiger partial charge in [0.15, 0.2) is 5.92 Å². The van der Waals surface area contributed by atoms with Crippen molar-refractivity contribution in [3.8, 4) is 11.8 Å². The molecule has 0 amide bonds. The fourth-order valence-corrected chi connectivity index (χ4v) is 1.86. The minimum Gasteiger partial charge on any atom is -0.508 e. The molecule has 0 spiro atoms. The van der Waals surface area contributed by atoms with Gasteiger partial charge in [-0.25, -0.2) is 0 Å². The first kappa shape index (κ1) is 16.5. The fourth-order valence-electron chi connectivity index (χ4n) is 1.86. The molecule has 0 aromatic heterocycles. The van der Waals surface area contributed by atoms with E-state index in [0.29, 0.717) is 5.56 Å². The van der Waals surface area contributed by atoms with Crippen LogP contribution >= 0.6 is 0 Å². The van der Waals surface area contributed by atoms with E-state index in [9.17, 15) is 20.0 Å². The van der Waals surface area contributed by atoms with Crippen molar-refractivity contribution in [2.45, 2.75) is 19.8 Å². The van der Waals surface area contributed by atoms with Gasteiger partial charge in [-0.1, -0.05) is 12.1 Å². The van der Waals surface area contributed by atoms with Crippen LogP contribution in [0.2, 0.25) is 0 Å². The molecule has 0 bridgehead atoms. The summed E-state index contributed by atoms with van der Waals surface area (Å²) in [7, 11) is 0. The Morgan fingerprint density at radius 1 is 1.14 bits per heavy atom. The van der Waals surface area contributed by atoms with Gasteiger partial charge in [-0.2, -0.15) is 5.26 Å². The Bertz CT molecular complexity index is 514. The first-order valence-corrected chi connectivity index (χ1v) is 6.56. The highest BCUT2D eigenvalue weighted by molar-refractivity contribution is 5.96. The molecule has 1 aromatic carbocycles. The summed E-state index contributed by atoms with van der Waals surface area (Å²) in [6, 6.07) is 7.66. The number of rotatable bonds is 6. The Balaban J connectivity index is 3.14. The number of carbonyl (C=O) groups is 2. The number of nitrogens with zero attached hydrogens (tertiary/aromatic N) is 1. The van der Waals surface area contributed by atoms with Crippen LogP contribution in [0.5, 0.6) is 5.75 Å². The van der Waals surface area contributed by atoms with E-state index in [1.165, 1.54) is 24.3 Å². The average molecular weight is 291 g/mol. The lowest BCUT2D eigenvalue weighted by molar-refractivity contribution is -0.162. The molecule has 6 nitrogen and oxygen atoms in total. The van der Waals surface area contributed by atoms with Crippen molar-refractivity contribution in [3.63, 3.8) is 0 Å². The summed E-state index contributed by atoms with van der Waals surface area (Å²) in [5, 5.41) is 18.6. The largest absolute Gasteiger partial charge is 0.508 e. The second kappa shape index (κ2) is 7.90. The molecule has 0 saturated carbocycles. The fraction of sp³-hybridized carbons (Fsp3) is 0.400. The zero-order valence-electron chi connectivity index (χ0n) is 11.9. The van der Waals surface area contributed by atoms with Crippen molar-refractivity contribution >= 4 is 11.9 Å². The highest BCUT2D eigenvalue weighted by atomic mass is 16.6. The second-order valence-corrected chi connectivity index (χ2v) is 4.18. The van der Waals surface area contributed by atoms with E-state index in [2.05, 4.69) is 0 Å². The normalized spacial score (nSPS) is 11.5. The Hall–Kier alpha value is -2.55. The first-order valence-electron chi connectivity index (χ1n) is 6.56. The lowest BCUT2D eigenvalue weighted by Crippen LogP contribution is -2.33. The molecule has 1 unspecified atom stereocenters. The van der Waals surface area contributed by atoms with Crippen molar-refractivity contribution in [2.75, 3.05) is 13.2 Å². The number of phenolic OH excluding ortho intramolecular Hbond substituents is 1. The summed E-state index contributed by atoms with van der Waals surface area (Å²) in [4.78, 5) is 24.0.